The second kappa shape index (κ2) is 14.9. The minimum atomic E-state index is -5.03. The standard InChI is InChI=1S/C41H66O16S/c1-20(2)10-9-14-39(8)40(48)17-16-38(7)22-11-12-25-36(4,5)27(13-15-37(25,6)23(22)18-26(42)41(38,40)35(47)56-39)54-34-32(29(44)24(19-52-34)57-58(49,50)51)55-33-31(46)30(45)28(43)21(3)53-33/h18,20-22,24-34,42-46,48H,9-17,19H2,1-8H3,(H,49,50,51)/t21-,22-,24-,25+,26+,27+,28+,29+,30-,31-,32-,33+,34+,37-,38+,39+,40+,41-/m1/s1. The van der Waals surface area contributed by atoms with Crippen LogP contribution in [0, 0.1) is 39.4 Å². The van der Waals surface area contributed by atoms with Crippen LogP contribution in [0.15, 0.2) is 11.6 Å². The first-order valence-electron chi connectivity index (χ1n) is 21.1. The number of hydrogen-bond donors (Lipinski definition) is 7. The Hall–Kier alpha value is -1.32. The van der Waals surface area contributed by atoms with Gasteiger partial charge in [0.15, 0.2) is 12.6 Å². The molecule has 18 atom stereocenters. The summed E-state index contributed by atoms with van der Waals surface area (Å²) in [5.41, 5.74) is -4.89. The molecule has 0 radical (unpaired) electrons. The fraction of sp³-hybridized carbons (Fsp3) is 0.927. The fourth-order valence-electron chi connectivity index (χ4n) is 13.2. The van der Waals surface area contributed by atoms with Gasteiger partial charge in [0.05, 0.1) is 24.9 Å². The summed E-state index contributed by atoms with van der Waals surface area (Å²) in [6, 6.07) is 0. The van der Waals surface area contributed by atoms with Gasteiger partial charge in [0.2, 0.25) is 0 Å². The third kappa shape index (κ3) is 6.50. The molecule has 0 aromatic heterocycles. The molecule has 7 rings (SSSR count). The highest BCUT2D eigenvalue weighted by molar-refractivity contribution is 7.80. The minimum Gasteiger partial charge on any atom is -0.456 e. The van der Waals surface area contributed by atoms with E-state index in [1.165, 1.54) is 6.92 Å². The molecule has 16 nitrogen and oxygen atoms in total. The SMILES string of the molecule is CC(C)CCC[C@]1(C)OC(=O)[C@]23[C@@H](O)C=C4[C@@H](CC[C@H]5C(C)(C)[C@@H](O[C@@H]6OC[C@@H](OS(=O)(=O)O)[C@H](O)[C@H]6O[C@@H]6O[C@H](C)[C@H](O)[C@@H](O)[C@H]6O)CC[C@]45C)[C@]2(C)CC[C@@]31O. The molecule has 3 saturated heterocycles. The Morgan fingerprint density at radius 1 is 0.897 bits per heavy atom. The van der Waals surface area contributed by atoms with Gasteiger partial charge in [-0.3, -0.25) is 9.35 Å². The molecular weight excluding hydrogens is 781 g/mol. The van der Waals surface area contributed by atoms with Crippen molar-refractivity contribution in [2.75, 3.05) is 6.61 Å². The molecule has 0 aromatic carbocycles. The normalized spacial score (nSPS) is 51.3. The largest absolute Gasteiger partial charge is 0.456 e. The van der Waals surface area contributed by atoms with Gasteiger partial charge in [-0.25, -0.2) is 4.18 Å². The molecular formula is C41H66O16S. The molecule has 1 spiro atoms. The smallest absolute Gasteiger partial charge is 0.397 e. The third-order valence-electron chi connectivity index (χ3n) is 16.3. The first kappa shape index (κ1) is 44.7. The minimum absolute atomic E-state index is 0.00676. The Kier molecular flexibility index (Phi) is 11.5. The Balaban J connectivity index is 1.15. The van der Waals surface area contributed by atoms with Gasteiger partial charge in [-0.15, -0.1) is 0 Å². The number of rotatable bonds is 10. The van der Waals surface area contributed by atoms with Gasteiger partial charge in [0.1, 0.15) is 53.2 Å². The van der Waals surface area contributed by atoms with Crippen molar-refractivity contribution >= 4 is 16.4 Å². The molecule has 17 heteroatoms. The Bertz CT molecular complexity index is 1720. The van der Waals surface area contributed by atoms with Crippen molar-refractivity contribution < 1.29 is 76.3 Å². The monoisotopic (exact) mass is 846 g/mol. The number of aliphatic hydroxyl groups is 6. The number of carbonyl (C=O) groups excluding carboxylic acids is 1. The summed E-state index contributed by atoms with van der Waals surface area (Å²) in [5, 5.41) is 67.9. The van der Waals surface area contributed by atoms with E-state index in [0.29, 0.717) is 44.4 Å². The topological polar surface area (TPSA) is 248 Å². The maximum atomic E-state index is 14.3. The average molecular weight is 847 g/mol. The molecule has 3 aliphatic heterocycles. The van der Waals surface area contributed by atoms with E-state index in [1.54, 1.807) is 0 Å². The van der Waals surface area contributed by atoms with Gasteiger partial charge in [-0.2, -0.15) is 8.42 Å². The van der Waals surface area contributed by atoms with Gasteiger partial charge in [0, 0.05) is 0 Å². The lowest BCUT2D eigenvalue weighted by Crippen LogP contribution is -2.68. The second-order valence-electron chi connectivity index (χ2n) is 20.2. The van der Waals surface area contributed by atoms with Gasteiger partial charge < -0.3 is 54.3 Å². The van der Waals surface area contributed by atoms with E-state index in [2.05, 4.69) is 45.7 Å². The van der Waals surface area contributed by atoms with E-state index in [9.17, 15) is 48.4 Å². The zero-order valence-electron chi connectivity index (χ0n) is 34.9. The lowest BCUT2D eigenvalue weighted by Gasteiger charge is -2.64. The van der Waals surface area contributed by atoms with Crippen LogP contribution in [0.25, 0.3) is 0 Å². The highest BCUT2D eigenvalue weighted by Crippen LogP contribution is 2.77. The zero-order valence-corrected chi connectivity index (χ0v) is 35.8. The number of hydrogen-bond acceptors (Lipinski definition) is 15. The van der Waals surface area contributed by atoms with Crippen molar-refractivity contribution in [2.45, 2.75) is 192 Å². The van der Waals surface area contributed by atoms with Crippen molar-refractivity contribution in [1.82, 2.24) is 0 Å². The molecule has 4 aliphatic carbocycles. The number of carbonyl (C=O) groups is 1. The fourth-order valence-corrected chi connectivity index (χ4v) is 13.7. The third-order valence-corrected chi connectivity index (χ3v) is 16.8. The Labute approximate surface area is 341 Å². The lowest BCUT2D eigenvalue weighted by molar-refractivity contribution is -0.362. The van der Waals surface area contributed by atoms with Crippen molar-refractivity contribution in [3.05, 3.63) is 11.6 Å². The predicted octanol–water partition coefficient (Wildman–Crippen LogP) is 2.30. The molecule has 0 aromatic rings. The van der Waals surface area contributed by atoms with Crippen molar-refractivity contribution in [2.24, 2.45) is 39.4 Å². The predicted molar refractivity (Wildman–Crippen MR) is 204 cm³/mol. The highest BCUT2D eigenvalue weighted by Gasteiger charge is 2.85. The van der Waals surface area contributed by atoms with Crippen LogP contribution in [-0.2, 0) is 43.1 Å². The quantitative estimate of drug-likeness (QED) is 0.0722. The molecule has 58 heavy (non-hydrogen) atoms. The number of allylic oxidation sites excluding steroid dienone is 1. The summed E-state index contributed by atoms with van der Waals surface area (Å²) in [5.74, 6) is -0.164. The number of ether oxygens (including phenoxy) is 5. The first-order chi connectivity index (χ1) is 26.8. The van der Waals surface area contributed by atoms with E-state index < -0.39 is 123 Å². The van der Waals surface area contributed by atoms with Crippen LogP contribution in [0.4, 0.5) is 0 Å². The van der Waals surface area contributed by atoms with Crippen LogP contribution < -0.4 is 0 Å². The van der Waals surface area contributed by atoms with E-state index in [4.69, 9.17) is 23.7 Å². The Morgan fingerprint density at radius 2 is 1.59 bits per heavy atom. The van der Waals surface area contributed by atoms with Gasteiger partial charge in [0.25, 0.3) is 0 Å². The number of aliphatic hydroxyl groups excluding tert-OH is 5. The molecule has 0 amide bonds. The molecule has 3 heterocycles. The van der Waals surface area contributed by atoms with Crippen molar-refractivity contribution in [3.8, 4) is 0 Å². The van der Waals surface area contributed by atoms with Crippen LogP contribution in [-0.4, -0.2) is 135 Å². The summed E-state index contributed by atoms with van der Waals surface area (Å²) in [6.07, 6.45) is -8.00. The maximum Gasteiger partial charge on any atom is 0.397 e. The van der Waals surface area contributed by atoms with E-state index in [1.807, 2.05) is 13.0 Å². The zero-order chi connectivity index (χ0) is 42.8. The van der Waals surface area contributed by atoms with Crippen LogP contribution in [0.1, 0.15) is 113 Å². The first-order valence-corrected chi connectivity index (χ1v) is 22.5. The van der Waals surface area contributed by atoms with Crippen LogP contribution >= 0.6 is 0 Å². The van der Waals surface area contributed by atoms with Crippen LogP contribution in [0.3, 0.4) is 0 Å². The molecule has 7 N–H and O–H groups in total. The highest BCUT2D eigenvalue weighted by atomic mass is 32.3. The maximum absolute atomic E-state index is 14.3. The number of cyclic esters (lactones) is 1. The summed E-state index contributed by atoms with van der Waals surface area (Å²) in [4.78, 5) is 14.3. The van der Waals surface area contributed by atoms with Crippen LogP contribution in [0.2, 0.25) is 0 Å². The molecule has 332 valence electrons. The van der Waals surface area contributed by atoms with E-state index in [0.717, 1.165) is 24.8 Å². The molecule has 7 aliphatic rings. The average Bonchev–Trinajstić information content (AvgIpc) is 3.48. The summed E-state index contributed by atoms with van der Waals surface area (Å²) >= 11 is 0. The van der Waals surface area contributed by atoms with E-state index in [-0.39, 0.29) is 11.8 Å². The molecule has 0 bridgehead atoms. The van der Waals surface area contributed by atoms with Gasteiger partial charge in [-0.1, -0.05) is 59.6 Å². The summed E-state index contributed by atoms with van der Waals surface area (Å²) < 4.78 is 67.8. The second-order valence-corrected chi connectivity index (χ2v) is 21.2. The molecule has 6 fully saturated rings. The van der Waals surface area contributed by atoms with Crippen molar-refractivity contribution in [1.29, 1.82) is 0 Å². The number of fused-ring (bicyclic) bond motifs is 4. The van der Waals surface area contributed by atoms with Crippen molar-refractivity contribution in [3.63, 3.8) is 0 Å². The van der Waals surface area contributed by atoms with E-state index >= 15 is 0 Å². The van der Waals surface area contributed by atoms with Gasteiger partial charge in [-0.05, 0) is 99.2 Å². The summed E-state index contributed by atoms with van der Waals surface area (Å²) in [6.45, 7) is 15.5. The molecule has 3 saturated carbocycles. The summed E-state index contributed by atoms with van der Waals surface area (Å²) in [7, 11) is -5.03. The Morgan fingerprint density at radius 3 is 2.24 bits per heavy atom. The van der Waals surface area contributed by atoms with Crippen LogP contribution in [0.5, 0.6) is 0 Å². The lowest BCUT2D eigenvalue weighted by atomic mass is 9.40. The molecule has 0 unspecified atom stereocenters. The van der Waals surface area contributed by atoms with Gasteiger partial charge >= 0.3 is 16.4 Å². The number of esters is 1.